The van der Waals surface area contributed by atoms with Crippen molar-refractivity contribution in [1.82, 2.24) is 0 Å². The van der Waals surface area contributed by atoms with Crippen molar-refractivity contribution in [2.24, 2.45) is 0 Å². The van der Waals surface area contributed by atoms with E-state index in [-0.39, 0.29) is 0 Å². The van der Waals surface area contributed by atoms with Crippen LogP contribution >= 0.6 is 0 Å². The van der Waals surface area contributed by atoms with Gasteiger partial charge in [0.1, 0.15) is 44.4 Å². The van der Waals surface area contributed by atoms with Gasteiger partial charge in [0.15, 0.2) is 0 Å². The molecular weight excluding hydrogens is 642 g/mol. The van der Waals surface area contributed by atoms with Crippen LogP contribution in [0.1, 0.15) is 44.5 Å². The van der Waals surface area contributed by atoms with Gasteiger partial charge in [0.2, 0.25) is 0 Å². The van der Waals surface area contributed by atoms with Crippen molar-refractivity contribution < 1.29 is 30.6 Å². The van der Waals surface area contributed by atoms with E-state index in [1.54, 1.807) is 13.8 Å². The fraction of sp³-hybridized carbons (Fsp3) is 0.100. The second kappa shape index (κ2) is 12.9. The lowest BCUT2D eigenvalue weighted by molar-refractivity contribution is 0.611. The molecule has 0 aliphatic rings. The minimum Gasteiger partial charge on any atom is -0.256 e. The third kappa shape index (κ3) is 5.54. The molecule has 0 heterocycles. The fourth-order valence-corrected chi connectivity index (χ4v) is 9.31. The summed E-state index contributed by atoms with van der Waals surface area (Å²) in [6.07, 6.45) is 0. The molecule has 0 amide bonds. The first-order valence-electron chi connectivity index (χ1n) is 15.0. The summed E-state index contributed by atoms with van der Waals surface area (Å²) in [5, 5.41) is 0. The van der Waals surface area contributed by atoms with Crippen LogP contribution in [0.2, 0.25) is 0 Å². The van der Waals surface area contributed by atoms with Gasteiger partial charge in [-0.2, -0.15) is 0 Å². The Kier molecular flexibility index (Phi) is 8.88. The summed E-state index contributed by atoms with van der Waals surface area (Å²) in [7, 11) is -2.41. The zero-order valence-corrected chi connectivity index (χ0v) is 26.6. The molecule has 0 spiro atoms. The first-order chi connectivity index (χ1) is 23.0. The fourth-order valence-electron chi connectivity index (χ4n) is 6.60. The normalized spacial score (nSPS) is 12.0. The number of halogens is 6. The van der Waals surface area contributed by atoms with E-state index >= 15 is 4.21 Å². The first kappa shape index (κ1) is 33.0. The Bertz CT molecular complexity index is 1870. The molecule has 0 radical (unpaired) electrons. The molecule has 0 bridgehead atoms. The van der Waals surface area contributed by atoms with Gasteiger partial charge >= 0.3 is 0 Å². The Morgan fingerprint density at radius 1 is 0.375 bits per heavy atom. The van der Waals surface area contributed by atoms with Crippen molar-refractivity contribution >= 4 is 10.8 Å². The average Bonchev–Trinajstić information content (AvgIpc) is 3.06. The van der Waals surface area contributed by atoms with Crippen LogP contribution < -0.4 is 0 Å². The predicted octanol–water partition coefficient (Wildman–Crippen LogP) is 10.2. The molecule has 0 atom stereocenters. The molecule has 6 rings (SSSR count). The van der Waals surface area contributed by atoms with Gasteiger partial charge in [-0.3, -0.25) is 4.21 Å². The van der Waals surface area contributed by atoms with E-state index in [4.69, 9.17) is 0 Å². The second-order valence-electron chi connectivity index (χ2n) is 11.6. The van der Waals surface area contributed by atoms with Crippen molar-refractivity contribution in [3.8, 4) is 0 Å². The van der Waals surface area contributed by atoms with Crippen LogP contribution in [0.25, 0.3) is 0 Å². The summed E-state index contributed by atoms with van der Waals surface area (Å²) in [5.41, 5.74) is 2.64. The van der Waals surface area contributed by atoms with Crippen molar-refractivity contribution in [3.63, 3.8) is 0 Å². The lowest BCUT2D eigenvalue weighted by atomic mass is 9.80. The van der Waals surface area contributed by atoms with Gasteiger partial charge in [-0.25, -0.2) is 26.3 Å². The molecule has 0 saturated carbocycles. The average molecular weight is 671 g/mol. The minimum absolute atomic E-state index is 0.303. The quantitative estimate of drug-likeness (QED) is 0.116. The Labute approximate surface area is 277 Å². The standard InChI is InChI=1S/C40H28F6OS/c1-25-23-35(45)19-21-37(25)39(27-3-11-31(41)12-4-27,28-5-13-32(42)14-6-28)48(47)40(29-7-15-33(43)16-8-29,30-9-17-34(44)18-10-30)38-22-20-36(46)24-26(38)2/h3-24H,1-2H3. The molecule has 48 heavy (non-hydrogen) atoms. The third-order valence-corrected chi connectivity index (χ3v) is 11.2. The summed E-state index contributed by atoms with van der Waals surface area (Å²) < 4.78 is 101. The zero-order chi connectivity index (χ0) is 34.2. The maximum Gasteiger partial charge on any atom is 0.123 e. The molecule has 0 saturated heterocycles. The lowest BCUT2D eigenvalue weighted by Crippen LogP contribution is -2.48. The second-order valence-corrected chi connectivity index (χ2v) is 13.3. The van der Waals surface area contributed by atoms with E-state index in [1.165, 1.54) is 133 Å². The summed E-state index contributed by atoms with van der Waals surface area (Å²) >= 11 is 0. The topological polar surface area (TPSA) is 17.1 Å². The third-order valence-electron chi connectivity index (χ3n) is 8.69. The summed E-state index contributed by atoms with van der Waals surface area (Å²) in [5.74, 6) is -3.44. The Balaban J connectivity index is 1.89. The monoisotopic (exact) mass is 670 g/mol. The molecule has 0 unspecified atom stereocenters. The van der Waals surface area contributed by atoms with Crippen molar-refractivity contribution in [1.29, 1.82) is 0 Å². The van der Waals surface area contributed by atoms with E-state index < -0.39 is 55.2 Å². The highest BCUT2D eigenvalue weighted by atomic mass is 32.2. The van der Waals surface area contributed by atoms with Gasteiger partial charge in [0.25, 0.3) is 0 Å². The molecule has 0 aromatic heterocycles. The highest BCUT2D eigenvalue weighted by Gasteiger charge is 2.56. The van der Waals surface area contributed by atoms with Gasteiger partial charge in [0, 0.05) is 0 Å². The Morgan fingerprint density at radius 2 is 0.604 bits per heavy atom. The molecule has 6 aromatic rings. The van der Waals surface area contributed by atoms with Crippen molar-refractivity contribution in [2.45, 2.75) is 23.3 Å². The van der Waals surface area contributed by atoms with Gasteiger partial charge < -0.3 is 0 Å². The molecule has 0 aliphatic carbocycles. The van der Waals surface area contributed by atoms with Gasteiger partial charge in [-0.15, -0.1) is 0 Å². The number of hydrogen-bond acceptors (Lipinski definition) is 1. The molecule has 8 heteroatoms. The maximum absolute atomic E-state index is 16.7. The number of aryl methyl sites for hydroxylation is 2. The maximum atomic E-state index is 16.7. The van der Waals surface area contributed by atoms with Gasteiger partial charge in [-0.05, 0) is 131 Å². The number of benzene rings is 6. The Morgan fingerprint density at radius 3 is 0.833 bits per heavy atom. The van der Waals surface area contributed by atoms with E-state index in [2.05, 4.69) is 0 Å². The van der Waals surface area contributed by atoms with E-state index in [0.717, 1.165) is 0 Å². The van der Waals surface area contributed by atoms with Crippen molar-refractivity contribution in [2.75, 3.05) is 0 Å². The minimum atomic E-state index is -2.41. The van der Waals surface area contributed by atoms with Crippen LogP contribution in [0.3, 0.4) is 0 Å². The SMILES string of the molecule is Cc1cc(F)ccc1C(c1ccc(F)cc1)(c1ccc(F)cc1)S(=O)C(c1ccc(F)cc1)(c1ccc(F)cc1)c1ccc(F)cc1C. The molecule has 1 nitrogen and oxygen atoms in total. The largest absolute Gasteiger partial charge is 0.256 e. The smallest absolute Gasteiger partial charge is 0.123 e. The van der Waals surface area contributed by atoms with Crippen LogP contribution in [0.5, 0.6) is 0 Å². The lowest BCUT2D eigenvalue weighted by Gasteiger charge is -2.46. The van der Waals surface area contributed by atoms with Crippen molar-refractivity contribution in [3.05, 3.63) is 213 Å². The molecule has 0 fully saturated rings. The summed E-state index contributed by atoms with van der Waals surface area (Å²) in [6, 6.07) is 29.2. The number of hydrogen-bond donors (Lipinski definition) is 0. The first-order valence-corrected chi connectivity index (χ1v) is 16.1. The molecular formula is C40H28F6OS. The zero-order valence-electron chi connectivity index (χ0n) is 25.8. The van der Waals surface area contributed by atoms with Crippen LogP contribution in [0.15, 0.2) is 133 Å². The summed E-state index contributed by atoms with van der Waals surface area (Å²) in [4.78, 5) is 0. The van der Waals surface area contributed by atoms with Gasteiger partial charge in [-0.1, -0.05) is 60.7 Å². The summed E-state index contributed by atoms with van der Waals surface area (Å²) in [6.45, 7) is 3.27. The number of rotatable bonds is 8. The Hall–Kier alpha value is -4.95. The van der Waals surface area contributed by atoms with Gasteiger partial charge in [0.05, 0.1) is 10.8 Å². The van der Waals surface area contributed by atoms with Crippen LogP contribution in [-0.2, 0) is 20.3 Å². The predicted molar refractivity (Wildman–Crippen MR) is 176 cm³/mol. The highest BCUT2D eigenvalue weighted by molar-refractivity contribution is 7.88. The highest BCUT2D eigenvalue weighted by Crippen LogP contribution is 2.55. The van der Waals surface area contributed by atoms with Crippen LogP contribution in [-0.4, -0.2) is 4.21 Å². The van der Waals surface area contributed by atoms with Crippen LogP contribution in [0, 0.1) is 48.8 Å². The molecule has 0 aliphatic heterocycles. The molecule has 6 aromatic carbocycles. The van der Waals surface area contributed by atoms with E-state index in [9.17, 15) is 26.3 Å². The molecule has 0 N–H and O–H groups in total. The van der Waals surface area contributed by atoms with Crippen LogP contribution in [0.4, 0.5) is 26.3 Å². The van der Waals surface area contributed by atoms with E-state index in [1.807, 2.05) is 0 Å². The molecule has 242 valence electrons. The van der Waals surface area contributed by atoms with E-state index in [0.29, 0.717) is 44.5 Å².